The number of rotatable bonds is 4. The molecule has 2 rings (SSSR count). The molecule has 0 aliphatic carbocycles. The molecule has 1 aliphatic rings. The fourth-order valence-corrected chi connectivity index (χ4v) is 2.66. The van der Waals surface area contributed by atoms with Gasteiger partial charge >= 0.3 is 12.2 Å². The predicted octanol–water partition coefficient (Wildman–Crippen LogP) is 1.81. The molecule has 1 aromatic rings. The van der Waals surface area contributed by atoms with Crippen LogP contribution in [0.25, 0.3) is 0 Å². The highest BCUT2D eigenvalue weighted by Crippen LogP contribution is 2.18. The van der Waals surface area contributed by atoms with Gasteiger partial charge in [-0.2, -0.15) is 0 Å². The van der Waals surface area contributed by atoms with Crippen molar-refractivity contribution in [3.05, 3.63) is 23.5 Å². The number of ether oxygens (including phenoxy) is 1. The van der Waals surface area contributed by atoms with E-state index in [1.165, 1.54) is 9.80 Å². The van der Waals surface area contributed by atoms with E-state index in [0.29, 0.717) is 18.8 Å². The molecule has 2 amide bonds. The smallest absolute Gasteiger partial charge is 0.407 e. The monoisotopic (exact) mass is 323 g/mol. The first-order chi connectivity index (χ1) is 10.9. The Labute approximate surface area is 134 Å². The number of carboxylic acid groups (broad SMARTS) is 2. The van der Waals surface area contributed by atoms with Crippen molar-refractivity contribution in [2.75, 3.05) is 26.2 Å². The first-order valence-electron chi connectivity index (χ1n) is 7.43. The molecule has 1 aromatic heterocycles. The Balaban J connectivity index is 1.95. The van der Waals surface area contributed by atoms with Crippen LogP contribution in [0.1, 0.15) is 17.8 Å². The minimum absolute atomic E-state index is 0.163. The molecular weight excluding hydrogens is 302 g/mol. The van der Waals surface area contributed by atoms with Gasteiger partial charge in [0.15, 0.2) is 0 Å². The summed E-state index contributed by atoms with van der Waals surface area (Å²) in [7, 11) is 0. The van der Waals surface area contributed by atoms with E-state index in [-0.39, 0.29) is 19.6 Å². The van der Waals surface area contributed by atoms with Crippen LogP contribution in [0.2, 0.25) is 0 Å². The number of carbonyl (C=O) groups is 2. The lowest BCUT2D eigenvalue weighted by molar-refractivity contribution is 0.0562. The molecule has 2 N–H and O–H groups in total. The zero-order valence-electron chi connectivity index (χ0n) is 13.2. The van der Waals surface area contributed by atoms with E-state index in [2.05, 4.69) is 4.98 Å². The van der Waals surface area contributed by atoms with Crippen LogP contribution in [0.5, 0.6) is 5.75 Å². The molecule has 8 heteroatoms. The van der Waals surface area contributed by atoms with Crippen LogP contribution in [0, 0.1) is 13.8 Å². The van der Waals surface area contributed by atoms with Crippen molar-refractivity contribution in [1.82, 2.24) is 14.8 Å². The summed E-state index contributed by atoms with van der Waals surface area (Å²) in [5, 5.41) is 18.3. The molecule has 0 unspecified atom stereocenters. The summed E-state index contributed by atoms with van der Waals surface area (Å²) in [6.45, 7) is 4.57. The van der Waals surface area contributed by atoms with Gasteiger partial charge in [0.1, 0.15) is 5.75 Å². The molecule has 1 atom stereocenters. The molecule has 1 aliphatic heterocycles. The fraction of sp³-hybridized carbons (Fsp3) is 0.533. The van der Waals surface area contributed by atoms with Crippen LogP contribution >= 0.6 is 0 Å². The number of aromatic nitrogens is 1. The summed E-state index contributed by atoms with van der Waals surface area (Å²) < 4.78 is 5.67. The van der Waals surface area contributed by atoms with Gasteiger partial charge in [-0.15, -0.1) is 0 Å². The molecule has 0 aromatic carbocycles. The molecule has 0 bridgehead atoms. The lowest BCUT2D eigenvalue weighted by Gasteiger charge is -2.38. The highest BCUT2D eigenvalue weighted by atomic mass is 16.5. The number of hydrogen-bond donors (Lipinski definition) is 2. The van der Waals surface area contributed by atoms with Crippen LogP contribution in [0.15, 0.2) is 12.1 Å². The molecule has 8 nitrogen and oxygen atoms in total. The average molecular weight is 323 g/mol. The van der Waals surface area contributed by atoms with Crippen molar-refractivity contribution in [2.24, 2.45) is 0 Å². The lowest BCUT2D eigenvalue weighted by atomic mass is 10.1. The van der Waals surface area contributed by atoms with Crippen LogP contribution < -0.4 is 4.74 Å². The van der Waals surface area contributed by atoms with Crippen molar-refractivity contribution in [1.29, 1.82) is 0 Å². The number of nitrogens with zero attached hydrogens (tertiary/aromatic N) is 3. The van der Waals surface area contributed by atoms with Gasteiger partial charge < -0.3 is 24.7 Å². The minimum atomic E-state index is -1.03. The number of piperazine rings is 1. The van der Waals surface area contributed by atoms with E-state index in [0.717, 1.165) is 11.4 Å². The van der Waals surface area contributed by atoms with Gasteiger partial charge in [0.25, 0.3) is 0 Å². The molecule has 1 fully saturated rings. The van der Waals surface area contributed by atoms with Crippen LogP contribution in [-0.4, -0.2) is 69.5 Å². The second-order valence-electron chi connectivity index (χ2n) is 5.53. The maximum absolute atomic E-state index is 11.3. The van der Waals surface area contributed by atoms with E-state index in [9.17, 15) is 14.7 Å². The average Bonchev–Trinajstić information content (AvgIpc) is 2.49. The topological polar surface area (TPSA) is 103 Å². The molecular formula is C15H21N3O5. The van der Waals surface area contributed by atoms with Crippen LogP contribution in [0.4, 0.5) is 9.59 Å². The van der Waals surface area contributed by atoms with Gasteiger partial charge in [0.2, 0.25) is 0 Å². The normalized spacial score (nSPS) is 17.9. The van der Waals surface area contributed by atoms with Crippen LogP contribution in [-0.2, 0) is 0 Å². The van der Waals surface area contributed by atoms with E-state index in [1.54, 1.807) is 0 Å². The third kappa shape index (κ3) is 4.24. The molecule has 2 heterocycles. The van der Waals surface area contributed by atoms with Gasteiger partial charge in [-0.3, -0.25) is 4.98 Å². The molecule has 0 radical (unpaired) electrons. The SMILES string of the molecule is Cc1ccc(OCC[C@@H]2CN(C(=O)O)CCN2C(=O)O)c(C)n1. The summed E-state index contributed by atoms with van der Waals surface area (Å²) in [6.07, 6.45) is -1.64. The highest BCUT2D eigenvalue weighted by Gasteiger charge is 2.32. The maximum atomic E-state index is 11.3. The Bertz CT molecular complexity index is 592. The van der Waals surface area contributed by atoms with Gasteiger partial charge in [-0.25, -0.2) is 9.59 Å². The number of amides is 2. The number of pyridine rings is 1. The van der Waals surface area contributed by atoms with E-state index < -0.39 is 18.2 Å². The lowest BCUT2D eigenvalue weighted by Crippen LogP contribution is -2.56. The maximum Gasteiger partial charge on any atom is 0.407 e. The zero-order valence-corrected chi connectivity index (χ0v) is 13.2. The largest absolute Gasteiger partial charge is 0.492 e. The Kier molecular flexibility index (Phi) is 5.25. The van der Waals surface area contributed by atoms with Gasteiger partial charge in [-0.1, -0.05) is 0 Å². The highest BCUT2D eigenvalue weighted by molar-refractivity contribution is 5.68. The third-order valence-corrected chi connectivity index (χ3v) is 3.88. The molecule has 126 valence electrons. The zero-order chi connectivity index (χ0) is 17.0. The van der Waals surface area contributed by atoms with Crippen molar-refractivity contribution in [3.8, 4) is 5.75 Å². The van der Waals surface area contributed by atoms with E-state index in [4.69, 9.17) is 9.84 Å². The van der Waals surface area contributed by atoms with Gasteiger partial charge in [0.05, 0.1) is 18.3 Å². The molecule has 0 spiro atoms. The van der Waals surface area contributed by atoms with E-state index >= 15 is 0 Å². The number of hydrogen-bond acceptors (Lipinski definition) is 4. The standard InChI is InChI=1S/C15H21N3O5/c1-10-3-4-13(11(2)16-10)23-8-5-12-9-17(14(19)20)6-7-18(12)15(21)22/h3-4,12H,5-9H2,1-2H3,(H,19,20)(H,21,22)/t12-/m1/s1. The molecule has 0 saturated carbocycles. The Hall–Kier alpha value is -2.51. The van der Waals surface area contributed by atoms with Crippen molar-refractivity contribution in [2.45, 2.75) is 26.3 Å². The summed E-state index contributed by atoms with van der Waals surface area (Å²) in [6, 6.07) is 3.27. The van der Waals surface area contributed by atoms with Crippen LogP contribution in [0.3, 0.4) is 0 Å². The molecule has 23 heavy (non-hydrogen) atoms. The van der Waals surface area contributed by atoms with Crippen molar-refractivity contribution in [3.63, 3.8) is 0 Å². The minimum Gasteiger partial charge on any atom is -0.492 e. The van der Waals surface area contributed by atoms with E-state index in [1.807, 2.05) is 26.0 Å². The van der Waals surface area contributed by atoms with Gasteiger partial charge in [0, 0.05) is 31.7 Å². The van der Waals surface area contributed by atoms with Crippen molar-refractivity contribution >= 4 is 12.2 Å². The number of aryl methyl sites for hydroxylation is 2. The first kappa shape index (κ1) is 16.9. The second-order valence-corrected chi connectivity index (χ2v) is 5.53. The quantitative estimate of drug-likeness (QED) is 0.876. The summed E-state index contributed by atoms with van der Waals surface area (Å²) in [5.41, 5.74) is 1.67. The summed E-state index contributed by atoms with van der Waals surface area (Å²) in [5.74, 6) is 0.656. The second kappa shape index (κ2) is 7.17. The van der Waals surface area contributed by atoms with Crippen molar-refractivity contribution < 1.29 is 24.5 Å². The van der Waals surface area contributed by atoms with Gasteiger partial charge in [-0.05, 0) is 26.0 Å². The molecule has 1 saturated heterocycles. The Morgan fingerprint density at radius 2 is 2.00 bits per heavy atom. The summed E-state index contributed by atoms with van der Waals surface area (Å²) >= 11 is 0. The summed E-state index contributed by atoms with van der Waals surface area (Å²) in [4.78, 5) is 29.2. The first-order valence-corrected chi connectivity index (χ1v) is 7.43. The Morgan fingerprint density at radius 3 is 2.61 bits per heavy atom. The Morgan fingerprint density at radius 1 is 1.26 bits per heavy atom. The third-order valence-electron chi connectivity index (χ3n) is 3.88. The predicted molar refractivity (Wildman–Crippen MR) is 81.9 cm³/mol. The fourth-order valence-electron chi connectivity index (χ4n) is 2.66.